The number of hydrogen-bond acceptors (Lipinski definition) is 1. The number of rotatable bonds is 1. The molecule has 1 unspecified atom stereocenters. The minimum atomic E-state index is -3.24. The van der Waals surface area contributed by atoms with E-state index in [1.807, 2.05) is 0 Å². The summed E-state index contributed by atoms with van der Waals surface area (Å²) in [6.07, 6.45) is -9.53. The lowest BCUT2D eigenvalue weighted by Crippen LogP contribution is -2.27. The lowest BCUT2D eigenvalue weighted by atomic mass is 9.82. The summed E-state index contributed by atoms with van der Waals surface area (Å²) in [5.74, 6) is -4.22. The van der Waals surface area contributed by atoms with Gasteiger partial charge in [-0.2, -0.15) is 0 Å². The molecule has 2 aliphatic rings. The summed E-state index contributed by atoms with van der Waals surface area (Å²) < 4.78 is 65.3. The van der Waals surface area contributed by atoms with Gasteiger partial charge in [-0.3, -0.25) is 4.79 Å². The van der Waals surface area contributed by atoms with E-state index < -0.39 is 30.9 Å². The molecule has 2 aliphatic carbocycles. The van der Waals surface area contributed by atoms with E-state index in [0.29, 0.717) is 5.56 Å². The third-order valence-corrected chi connectivity index (χ3v) is 3.06. The SMILES string of the molecule is [2H]c1c(Cl)ccc2c1C1=C(C2)C([2H])(C(N)=O)C([2H])([2H])C([2H])([2H])C1([2H])[2H]. The fourth-order valence-corrected chi connectivity index (χ4v) is 2.25. The smallest absolute Gasteiger partial charge is 0.224 e. The fourth-order valence-electron chi connectivity index (χ4n) is 2.09. The highest BCUT2D eigenvalue weighted by atomic mass is 35.5. The van der Waals surface area contributed by atoms with Crippen LogP contribution in [-0.4, -0.2) is 5.91 Å². The van der Waals surface area contributed by atoms with Gasteiger partial charge in [0.05, 0.1) is 7.26 Å². The first-order chi connectivity index (χ1) is 11.2. The average molecular weight is 256 g/mol. The maximum Gasteiger partial charge on any atom is 0.224 e. The van der Waals surface area contributed by atoms with Gasteiger partial charge in [-0.25, -0.2) is 0 Å². The zero-order valence-corrected chi connectivity index (χ0v) is 9.48. The fraction of sp³-hybridized carbons (Fsp3) is 0.357. The third-order valence-electron chi connectivity index (χ3n) is 2.84. The van der Waals surface area contributed by atoms with Crippen molar-refractivity contribution in [3.8, 4) is 0 Å². The normalized spacial score (nSPS) is 42.4. The van der Waals surface area contributed by atoms with Crippen LogP contribution in [-0.2, 0) is 11.2 Å². The topological polar surface area (TPSA) is 43.1 Å². The maximum absolute atomic E-state index is 12.0. The van der Waals surface area contributed by atoms with Gasteiger partial charge < -0.3 is 5.73 Å². The van der Waals surface area contributed by atoms with Crippen molar-refractivity contribution >= 4 is 23.1 Å². The van der Waals surface area contributed by atoms with Gasteiger partial charge in [-0.05, 0) is 59.9 Å². The molecule has 1 aromatic rings. The highest BCUT2D eigenvalue weighted by Gasteiger charge is 2.32. The Bertz CT molecular complexity index is 849. The molecule has 0 radical (unpaired) electrons. The van der Waals surface area contributed by atoms with Crippen LogP contribution in [0.1, 0.15) is 41.2 Å². The van der Waals surface area contributed by atoms with Crippen LogP contribution in [0, 0.1) is 5.89 Å². The molecule has 1 atom stereocenters. The van der Waals surface area contributed by atoms with Crippen molar-refractivity contribution < 1.29 is 15.8 Å². The van der Waals surface area contributed by atoms with Gasteiger partial charge in [0.1, 0.15) is 0 Å². The molecular weight excluding hydrogens is 234 g/mol. The second-order valence-corrected chi connectivity index (χ2v) is 4.26. The highest BCUT2D eigenvalue weighted by molar-refractivity contribution is 6.30. The molecule has 1 amide bonds. The number of halogens is 1. The van der Waals surface area contributed by atoms with E-state index in [9.17, 15) is 4.79 Å². The highest BCUT2D eigenvalue weighted by Crippen LogP contribution is 2.44. The zero-order chi connectivity index (χ0) is 19.2. The van der Waals surface area contributed by atoms with Crippen molar-refractivity contribution in [1.82, 2.24) is 0 Å². The molecule has 2 N–H and O–H groups in total. The molecule has 0 heterocycles. The van der Waals surface area contributed by atoms with Gasteiger partial charge in [0.25, 0.3) is 0 Å². The van der Waals surface area contributed by atoms with Gasteiger partial charge in [-0.15, -0.1) is 0 Å². The summed E-state index contributed by atoms with van der Waals surface area (Å²) in [5.41, 5.74) is 5.05. The molecule has 0 fully saturated rings. The number of primary amides is 1. The van der Waals surface area contributed by atoms with E-state index in [0.717, 1.165) is 0 Å². The molecule has 2 nitrogen and oxygen atoms in total. The van der Waals surface area contributed by atoms with Gasteiger partial charge in [0.2, 0.25) is 5.91 Å². The molecule has 1 aromatic carbocycles. The molecular formula is C14H14ClNO. The summed E-state index contributed by atoms with van der Waals surface area (Å²) in [6.45, 7) is 0. The standard InChI is InChI=1S/C14H14ClNO/c15-9-5-4-8-6-13-10(12(8)7-9)2-1-3-11(13)14(16)17/h4-5,7,11H,1-3,6H2,(H2,16,17)/i1D2,2D2,3D2,7D,11D. The molecule has 0 aliphatic heterocycles. The van der Waals surface area contributed by atoms with Gasteiger partial charge in [0.15, 0.2) is 0 Å². The van der Waals surface area contributed by atoms with Crippen LogP contribution in [0.15, 0.2) is 23.7 Å². The van der Waals surface area contributed by atoms with Crippen LogP contribution < -0.4 is 5.73 Å². The molecule has 3 rings (SSSR count). The van der Waals surface area contributed by atoms with Crippen molar-refractivity contribution in [2.45, 2.75) is 25.5 Å². The first-order valence-corrected chi connectivity index (χ1v) is 5.43. The zero-order valence-electron chi connectivity index (χ0n) is 16.7. The molecule has 0 spiro atoms. The molecule has 17 heavy (non-hydrogen) atoms. The van der Waals surface area contributed by atoms with Crippen LogP contribution in [0.2, 0.25) is 5.02 Å². The van der Waals surface area contributed by atoms with Crippen LogP contribution in [0.25, 0.3) is 5.57 Å². The Morgan fingerprint density at radius 1 is 1.65 bits per heavy atom. The van der Waals surface area contributed by atoms with E-state index in [1.54, 1.807) is 0 Å². The summed E-state index contributed by atoms with van der Waals surface area (Å²) in [6, 6.07) is 2.66. The Morgan fingerprint density at radius 3 is 3.24 bits per heavy atom. The largest absolute Gasteiger partial charge is 0.369 e. The van der Waals surface area contributed by atoms with Gasteiger partial charge in [-0.1, -0.05) is 17.7 Å². The molecule has 0 saturated heterocycles. The number of fused-ring (bicyclic) bond motifs is 2. The lowest BCUT2D eigenvalue weighted by molar-refractivity contribution is -0.121. The monoisotopic (exact) mass is 255 g/mol. The van der Waals surface area contributed by atoms with Crippen molar-refractivity contribution in [2.75, 3.05) is 0 Å². The first kappa shape index (κ1) is 5.15. The number of carbonyl (C=O) groups excluding carboxylic acids is 1. The summed E-state index contributed by atoms with van der Waals surface area (Å²) in [4.78, 5) is 12.0. The van der Waals surface area contributed by atoms with Crippen molar-refractivity contribution in [3.63, 3.8) is 0 Å². The van der Waals surface area contributed by atoms with Crippen molar-refractivity contribution in [2.24, 2.45) is 11.6 Å². The molecule has 0 bridgehead atoms. The first-order valence-electron chi connectivity index (χ1n) is 9.05. The minimum Gasteiger partial charge on any atom is -0.369 e. The van der Waals surface area contributed by atoms with Crippen LogP contribution in [0.4, 0.5) is 0 Å². The summed E-state index contributed by atoms with van der Waals surface area (Å²) >= 11 is 5.94. The van der Waals surface area contributed by atoms with E-state index in [2.05, 4.69) is 0 Å². The quantitative estimate of drug-likeness (QED) is 0.824. The van der Waals surface area contributed by atoms with Gasteiger partial charge in [0, 0.05) is 14.6 Å². The second kappa shape index (κ2) is 3.88. The maximum atomic E-state index is 12.0. The molecule has 3 heteroatoms. The predicted octanol–water partition coefficient (Wildman–Crippen LogP) is 2.94. The summed E-state index contributed by atoms with van der Waals surface area (Å²) in [7, 11) is 0. The Labute approximate surface area is 117 Å². The Hall–Kier alpha value is -1.28. The minimum absolute atomic E-state index is 0.00440. The van der Waals surface area contributed by atoms with Gasteiger partial charge >= 0.3 is 0 Å². The molecule has 0 saturated carbocycles. The molecule has 0 aromatic heterocycles. The third kappa shape index (κ3) is 1.67. The van der Waals surface area contributed by atoms with E-state index in [1.165, 1.54) is 12.1 Å². The number of amides is 1. The van der Waals surface area contributed by atoms with Crippen molar-refractivity contribution in [3.05, 3.63) is 39.9 Å². The predicted molar refractivity (Wildman–Crippen MR) is 68.6 cm³/mol. The van der Waals surface area contributed by atoms with Crippen LogP contribution in [0.5, 0.6) is 0 Å². The Kier molecular flexibility index (Phi) is 1.18. The molecule has 88 valence electrons. The average Bonchev–Trinajstić information content (AvgIpc) is 2.89. The van der Waals surface area contributed by atoms with Crippen LogP contribution >= 0.6 is 11.6 Å². The second-order valence-electron chi connectivity index (χ2n) is 3.85. The Balaban J connectivity index is 2.48. The number of benzene rings is 1. The number of allylic oxidation sites excluding steroid dienone is 1. The Morgan fingerprint density at radius 2 is 2.47 bits per heavy atom. The number of nitrogens with two attached hydrogens (primary N) is 1. The number of hydrogen-bond donors (Lipinski definition) is 1. The van der Waals surface area contributed by atoms with E-state index in [4.69, 9.17) is 28.3 Å². The van der Waals surface area contributed by atoms with E-state index in [-0.39, 0.29) is 34.2 Å². The lowest BCUT2D eigenvalue weighted by Gasteiger charge is -2.22. The van der Waals surface area contributed by atoms with Crippen molar-refractivity contribution in [1.29, 1.82) is 0 Å². The number of carbonyl (C=O) groups is 1. The van der Waals surface area contributed by atoms with Crippen LogP contribution in [0.3, 0.4) is 0 Å². The van der Waals surface area contributed by atoms with E-state index >= 15 is 0 Å². The summed E-state index contributed by atoms with van der Waals surface area (Å²) in [5, 5.41) is 0.00657.